The van der Waals surface area contributed by atoms with Crippen LogP contribution in [0.25, 0.3) is 0 Å². The van der Waals surface area contributed by atoms with E-state index in [1.807, 2.05) is 0 Å². The summed E-state index contributed by atoms with van der Waals surface area (Å²) in [6, 6.07) is 0. The molecule has 2 rings (SSSR count). The molecule has 8 heteroatoms. The van der Waals surface area contributed by atoms with Crippen molar-refractivity contribution in [3.05, 3.63) is 20.7 Å². The van der Waals surface area contributed by atoms with E-state index in [0.717, 1.165) is 17.0 Å². The summed E-state index contributed by atoms with van der Waals surface area (Å²) in [6.45, 7) is 2.26. The Labute approximate surface area is 113 Å². The second kappa shape index (κ2) is 5.54. The average Bonchev–Trinajstić information content (AvgIpc) is 2.70. The predicted octanol–water partition coefficient (Wildman–Crippen LogP) is -0.470. The van der Waals surface area contributed by atoms with Crippen LogP contribution >= 0.6 is 11.3 Å². The molecule has 0 spiro atoms. The van der Waals surface area contributed by atoms with Gasteiger partial charge in [0.15, 0.2) is 6.10 Å². The van der Waals surface area contributed by atoms with Crippen LogP contribution in [0.4, 0.5) is 0 Å². The Hall–Kier alpha value is -1.67. The van der Waals surface area contributed by atoms with E-state index in [1.54, 1.807) is 12.3 Å². The summed E-state index contributed by atoms with van der Waals surface area (Å²) in [5.41, 5.74) is 0.728. The van der Waals surface area contributed by atoms with E-state index in [9.17, 15) is 14.4 Å². The largest absolute Gasteiger partial charge is 0.479 e. The van der Waals surface area contributed by atoms with Crippen LogP contribution in [0.3, 0.4) is 0 Å². The number of rotatable bonds is 3. The second-order valence-electron chi connectivity index (χ2n) is 4.27. The molecule has 0 aromatic carbocycles. The summed E-state index contributed by atoms with van der Waals surface area (Å²) < 4.78 is 6.43. The molecule has 0 radical (unpaired) electrons. The Bertz CT molecular complexity index is 550. The number of aliphatic carboxylic acids is 1. The first kappa shape index (κ1) is 13.8. The Morgan fingerprint density at radius 2 is 2.32 bits per heavy atom. The maximum Gasteiger partial charge on any atom is 0.334 e. The fraction of sp³-hybridized carbons (Fsp3) is 0.545. The number of thiazole rings is 1. The topological polar surface area (TPSA) is 88.8 Å². The highest BCUT2D eigenvalue weighted by Gasteiger charge is 2.29. The van der Waals surface area contributed by atoms with Crippen LogP contribution in [0.2, 0.25) is 0 Å². The molecule has 1 atom stereocenters. The molecule has 0 bridgehead atoms. The molecule has 1 aromatic rings. The summed E-state index contributed by atoms with van der Waals surface area (Å²) in [5.74, 6) is -1.35. The number of hydrogen-bond donors (Lipinski definition) is 1. The van der Waals surface area contributed by atoms with Crippen molar-refractivity contribution < 1.29 is 19.4 Å². The van der Waals surface area contributed by atoms with Crippen LogP contribution in [0.1, 0.15) is 5.69 Å². The van der Waals surface area contributed by atoms with Crippen molar-refractivity contribution in [3.8, 4) is 0 Å². The van der Waals surface area contributed by atoms with E-state index >= 15 is 0 Å². The van der Waals surface area contributed by atoms with Crippen LogP contribution in [0, 0.1) is 6.92 Å². The molecule has 7 nitrogen and oxygen atoms in total. The number of hydrogen-bond acceptors (Lipinski definition) is 5. The first-order chi connectivity index (χ1) is 8.99. The van der Waals surface area contributed by atoms with Crippen molar-refractivity contribution in [2.75, 3.05) is 19.7 Å². The summed E-state index contributed by atoms with van der Waals surface area (Å²) in [5, 5.41) is 10.6. The van der Waals surface area contributed by atoms with Crippen molar-refractivity contribution in [2.24, 2.45) is 0 Å². The molecule has 2 heterocycles. The Kier molecular flexibility index (Phi) is 4.01. The lowest BCUT2D eigenvalue weighted by molar-refractivity contribution is -0.159. The number of carbonyl (C=O) groups is 2. The third-order valence-corrected chi connectivity index (χ3v) is 3.85. The monoisotopic (exact) mass is 286 g/mol. The number of aromatic nitrogens is 1. The fourth-order valence-electron chi connectivity index (χ4n) is 1.86. The van der Waals surface area contributed by atoms with Crippen LogP contribution < -0.4 is 4.87 Å². The summed E-state index contributed by atoms with van der Waals surface area (Å²) >= 11 is 1.04. The van der Waals surface area contributed by atoms with Gasteiger partial charge in [-0.3, -0.25) is 14.2 Å². The van der Waals surface area contributed by atoms with Crippen LogP contribution in [-0.4, -0.2) is 52.3 Å². The van der Waals surface area contributed by atoms with Crippen molar-refractivity contribution in [1.29, 1.82) is 0 Å². The lowest BCUT2D eigenvalue weighted by Gasteiger charge is -2.31. The zero-order chi connectivity index (χ0) is 14.0. The molecular weight excluding hydrogens is 272 g/mol. The highest BCUT2D eigenvalue weighted by atomic mass is 32.1. The number of morpholine rings is 1. The normalized spacial score (nSPS) is 19.4. The number of aryl methyl sites for hydroxylation is 1. The van der Waals surface area contributed by atoms with Crippen molar-refractivity contribution in [1.82, 2.24) is 9.47 Å². The number of carboxylic acids is 1. The van der Waals surface area contributed by atoms with Crippen LogP contribution in [0.5, 0.6) is 0 Å². The maximum absolute atomic E-state index is 12.1. The number of ether oxygens (including phenoxy) is 1. The third-order valence-electron chi connectivity index (χ3n) is 2.96. The molecule has 1 fully saturated rings. The van der Waals surface area contributed by atoms with Crippen molar-refractivity contribution in [2.45, 2.75) is 19.6 Å². The van der Waals surface area contributed by atoms with E-state index in [4.69, 9.17) is 9.84 Å². The van der Waals surface area contributed by atoms with Crippen molar-refractivity contribution in [3.63, 3.8) is 0 Å². The number of amides is 1. The summed E-state index contributed by atoms with van der Waals surface area (Å²) in [7, 11) is 0. The minimum absolute atomic E-state index is 0.0199. The van der Waals surface area contributed by atoms with Gasteiger partial charge in [0, 0.05) is 17.6 Å². The minimum atomic E-state index is -1.08. The highest BCUT2D eigenvalue weighted by molar-refractivity contribution is 7.07. The van der Waals surface area contributed by atoms with Gasteiger partial charge in [0.25, 0.3) is 0 Å². The molecule has 1 aliphatic rings. The molecule has 1 N–H and O–H groups in total. The molecule has 1 aliphatic heterocycles. The van der Waals surface area contributed by atoms with Crippen LogP contribution in [0.15, 0.2) is 10.2 Å². The number of carboxylic acid groups (broad SMARTS) is 1. The standard InChI is InChI=1S/C11H14N2O5S/c1-7-6-19-11(17)13(7)5-9(14)12-2-3-18-8(4-12)10(15)16/h6,8H,2-5H2,1H3,(H,15,16). The van der Waals surface area contributed by atoms with Gasteiger partial charge in [-0.2, -0.15) is 0 Å². The summed E-state index contributed by atoms with van der Waals surface area (Å²) in [6.07, 6.45) is -0.988. The lowest BCUT2D eigenvalue weighted by atomic mass is 10.2. The Morgan fingerprint density at radius 1 is 1.58 bits per heavy atom. The zero-order valence-electron chi connectivity index (χ0n) is 10.4. The molecule has 1 aromatic heterocycles. The SMILES string of the molecule is Cc1csc(=O)n1CC(=O)N1CCOC(C(=O)O)C1. The van der Waals surface area contributed by atoms with Gasteiger partial charge in [-0.25, -0.2) is 4.79 Å². The molecule has 1 amide bonds. The van der Waals surface area contributed by atoms with Gasteiger partial charge in [0.1, 0.15) is 6.54 Å². The predicted molar refractivity (Wildman–Crippen MR) is 67.3 cm³/mol. The van der Waals surface area contributed by atoms with Gasteiger partial charge in [-0.05, 0) is 6.92 Å². The first-order valence-corrected chi connectivity index (χ1v) is 6.64. The van der Waals surface area contributed by atoms with E-state index in [0.29, 0.717) is 6.54 Å². The zero-order valence-corrected chi connectivity index (χ0v) is 11.2. The van der Waals surface area contributed by atoms with Crippen LogP contribution in [-0.2, 0) is 20.9 Å². The minimum Gasteiger partial charge on any atom is -0.479 e. The van der Waals surface area contributed by atoms with Gasteiger partial charge in [0.05, 0.1) is 13.2 Å². The average molecular weight is 286 g/mol. The van der Waals surface area contributed by atoms with Gasteiger partial charge in [-0.15, -0.1) is 0 Å². The molecule has 1 unspecified atom stereocenters. The molecular formula is C11H14N2O5S. The molecule has 0 aliphatic carbocycles. The van der Waals surface area contributed by atoms with E-state index in [1.165, 1.54) is 9.47 Å². The number of carbonyl (C=O) groups excluding carboxylic acids is 1. The van der Waals surface area contributed by atoms with E-state index in [-0.39, 0.29) is 30.5 Å². The lowest BCUT2D eigenvalue weighted by Crippen LogP contribution is -2.49. The molecule has 19 heavy (non-hydrogen) atoms. The van der Waals surface area contributed by atoms with Gasteiger partial charge >= 0.3 is 10.8 Å². The van der Waals surface area contributed by atoms with Gasteiger partial charge < -0.3 is 14.7 Å². The van der Waals surface area contributed by atoms with E-state index < -0.39 is 12.1 Å². The molecule has 0 saturated carbocycles. The second-order valence-corrected chi connectivity index (χ2v) is 5.09. The van der Waals surface area contributed by atoms with Gasteiger partial charge in [0.2, 0.25) is 5.91 Å². The third kappa shape index (κ3) is 3.02. The van der Waals surface area contributed by atoms with Crippen molar-refractivity contribution >= 4 is 23.2 Å². The van der Waals surface area contributed by atoms with E-state index in [2.05, 4.69) is 0 Å². The molecule has 104 valence electrons. The quantitative estimate of drug-likeness (QED) is 0.811. The smallest absolute Gasteiger partial charge is 0.334 e. The highest BCUT2D eigenvalue weighted by Crippen LogP contribution is 2.07. The summed E-state index contributed by atoms with van der Waals surface area (Å²) in [4.78, 5) is 35.7. The van der Waals surface area contributed by atoms with Gasteiger partial charge in [-0.1, -0.05) is 11.3 Å². The molecule has 1 saturated heterocycles. The Balaban J connectivity index is 2.04. The first-order valence-electron chi connectivity index (χ1n) is 5.76. The number of nitrogens with zero attached hydrogens (tertiary/aromatic N) is 2. The Morgan fingerprint density at radius 3 is 2.89 bits per heavy atom. The fourth-order valence-corrected chi connectivity index (χ4v) is 2.59. The maximum atomic E-state index is 12.1.